The number of H-pyrrole nitrogens is 1. The minimum atomic E-state index is -0.268. The zero-order valence-electron chi connectivity index (χ0n) is 13.9. The molecule has 0 saturated heterocycles. The van der Waals surface area contributed by atoms with Gasteiger partial charge in [-0.15, -0.1) is 11.3 Å². The number of benzene rings is 1. The van der Waals surface area contributed by atoms with Crippen molar-refractivity contribution in [2.24, 2.45) is 0 Å². The van der Waals surface area contributed by atoms with Crippen molar-refractivity contribution in [2.45, 2.75) is 13.3 Å². The van der Waals surface area contributed by atoms with Crippen LogP contribution in [0, 0.1) is 11.6 Å². The summed E-state index contributed by atoms with van der Waals surface area (Å²) >= 11 is 6.60. The quantitative estimate of drug-likeness (QED) is 0.662. The molecule has 1 aliphatic rings. The third kappa shape index (κ3) is 3.33. The van der Waals surface area contributed by atoms with Crippen molar-refractivity contribution in [3.63, 3.8) is 0 Å². The summed E-state index contributed by atoms with van der Waals surface area (Å²) in [7, 11) is 0. The fourth-order valence-electron chi connectivity index (χ4n) is 2.65. The van der Waals surface area contributed by atoms with Crippen molar-refractivity contribution >= 4 is 34.6 Å². The number of carbonyl (C=O) groups excluding carboxylic acids is 1. The maximum Gasteiger partial charge on any atom is 0.260 e. The lowest BCUT2D eigenvalue weighted by Crippen LogP contribution is -2.12. The van der Waals surface area contributed by atoms with Crippen LogP contribution in [0.2, 0.25) is 0 Å². The average molecular weight is 385 g/mol. The Morgan fingerprint density at radius 3 is 3.04 bits per heavy atom. The molecule has 0 saturated carbocycles. The first-order valence-corrected chi connectivity index (χ1v) is 9.16. The summed E-state index contributed by atoms with van der Waals surface area (Å²) in [6, 6.07) is 9.32. The number of nitrogens with zero attached hydrogens (tertiary/aromatic N) is 1. The monoisotopic (exact) mass is 385 g/mol. The van der Waals surface area contributed by atoms with E-state index in [2.05, 4.69) is 15.3 Å². The van der Waals surface area contributed by atoms with Crippen molar-refractivity contribution < 1.29 is 14.3 Å². The molecule has 132 valence electrons. The Hall–Kier alpha value is -2.71. The van der Waals surface area contributed by atoms with Crippen LogP contribution in [0.1, 0.15) is 26.5 Å². The van der Waals surface area contributed by atoms with Gasteiger partial charge in [0, 0.05) is 17.5 Å². The maximum absolute atomic E-state index is 12.4. The molecule has 3 heterocycles. The third-order valence-electron chi connectivity index (χ3n) is 3.98. The average Bonchev–Trinajstić information content (AvgIpc) is 3.21. The molecular formula is C18H15N3O3S2. The van der Waals surface area contributed by atoms with E-state index in [1.165, 1.54) is 11.3 Å². The summed E-state index contributed by atoms with van der Waals surface area (Å²) in [4.78, 5) is 20.8. The second-order valence-corrected chi connectivity index (χ2v) is 7.25. The number of aromatic nitrogens is 2. The maximum atomic E-state index is 12.4. The number of aromatic amines is 1. The predicted octanol–water partition coefficient (Wildman–Crippen LogP) is 4.08. The SMILES string of the molecule is Cc1nc(NC(=O)c2ccc[nH]c2=S)sc1Cc1ccc2c(c1)OCO2. The molecule has 1 aromatic carbocycles. The van der Waals surface area contributed by atoms with Gasteiger partial charge in [0.1, 0.15) is 4.64 Å². The van der Waals surface area contributed by atoms with Crippen molar-refractivity contribution in [3.05, 3.63) is 62.9 Å². The van der Waals surface area contributed by atoms with Gasteiger partial charge in [0.2, 0.25) is 6.79 Å². The Balaban J connectivity index is 1.51. The zero-order chi connectivity index (χ0) is 18.1. The smallest absolute Gasteiger partial charge is 0.260 e. The molecule has 2 aromatic heterocycles. The molecule has 1 amide bonds. The molecule has 0 fully saturated rings. The largest absolute Gasteiger partial charge is 0.454 e. The number of rotatable bonds is 4. The van der Waals surface area contributed by atoms with Crippen LogP contribution in [0.15, 0.2) is 36.5 Å². The molecule has 0 spiro atoms. The van der Waals surface area contributed by atoms with Crippen molar-refractivity contribution in [2.75, 3.05) is 12.1 Å². The van der Waals surface area contributed by atoms with Gasteiger partial charge in [0.15, 0.2) is 16.6 Å². The highest BCUT2D eigenvalue weighted by molar-refractivity contribution is 7.71. The van der Waals surface area contributed by atoms with Gasteiger partial charge >= 0.3 is 0 Å². The number of nitrogens with one attached hydrogen (secondary N) is 2. The van der Waals surface area contributed by atoms with Crippen LogP contribution < -0.4 is 14.8 Å². The van der Waals surface area contributed by atoms with E-state index in [9.17, 15) is 4.79 Å². The van der Waals surface area contributed by atoms with E-state index in [1.807, 2.05) is 25.1 Å². The predicted molar refractivity (Wildman–Crippen MR) is 102 cm³/mol. The fraction of sp³-hybridized carbons (Fsp3) is 0.167. The molecular weight excluding hydrogens is 370 g/mol. The van der Waals surface area contributed by atoms with E-state index in [1.54, 1.807) is 18.3 Å². The Morgan fingerprint density at radius 2 is 2.19 bits per heavy atom. The normalized spacial score (nSPS) is 12.2. The van der Waals surface area contributed by atoms with E-state index < -0.39 is 0 Å². The highest BCUT2D eigenvalue weighted by atomic mass is 32.1. The summed E-state index contributed by atoms with van der Waals surface area (Å²) in [6.45, 7) is 2.19. The minimum absolute atomic E-state index is 0.260. The second kappa shape index (κ2) is 6.89. The van der Waals surface area contributed by atoms with Crippen LogP contribution in [0.25, 0.3) is 0 Å². The Morgan fingerprint density at radius 1 is 1.35 bits per heavy atom. The highest BCUT2D eigenvalue weighted by Gasteiger charge is 2.16. The number of aryl methyl sites for hydroxylation is 1. The summed E-state index contributed by atoms with van der Waals surface area (Å²) in [6.07, 6.45) is 2.40. The number of hydrogen-bond acceptors (Lipinski definition) is 6. The lowest BCUT2D eigenvalue weighted by molar-refractivity contribution is 0.102. The summed E-state index contributed by atoms with van der Waals surface area (Å²) in [5, 5.41) is 3.38. The van der Waals surface area contributed by atoms with Crippen molar-refractivity contribution in [3.8, 4) is 11.5 Å². The Bertz CT molecular complexity index is 1040. The van der Waals surface area contributed by atoms with Gasteiger partial charge in [-0.05, 0) is 36.8 Å². The highest BCUT2D eigenvalue weighted by Crippen LogP contribution is 2.34. The van der Waals surface area contributed by atoms with Gasteiger partial charge in [0.25, 0.3) is 5.91 Å². The first-order valence-electron chi connectivity index (χ1n) is 7.94. The van der Waals surface area contributed by atoms with Gasteiger partial charge in [-0.2, -0.15) is 0 Å². The third-order valence-corrected chi connectivity index (χ3v) is 5.39. The molecule has 26 heavy (non-hydrogen) atoms. The molecule has 0 radical (unpaired) electrons. The lowest BCUT2D eigenvalue weighted by atomic mass is 10.1. The number of pyridine rings is 1. The topological polar surface area (TPSA) is 76.2 Å². The fourth-order valence-corrected chi connectivity index (χ4v) is 3.87. The molecule has 2 N–H and O–H groups in total. The molecule has 1 aliphatic heterocycles. The van der Waals surface area contributed by atoms with Crippen LogP contribution in [0.4, 0.5) is 5.13 Å². The van der Waals surface area contributed by atoms with Crippen molar-refractivity contribution in [1.82, 2.24) is 9.97 Å². The van der Waals surface area contributed by atoms with E-state index in [0.717, 1.165) is 27.6 Å². The molecule has 0 bridgehead atoms. The van der Waals surface area contributed by atoms with E-state index in [-0.39, 0.29) is 12.7 Å². The first kappa shape index (κ1) is 16.7. The van der Waals surface area contributed by atoms with Gasteiger partial charge in [-0.25, -0.2) is 4.98 Å². The van der Waals surface area contributed by atoms with Gasteiger partial charge in [0.05, 0.1) is 11.3 Å². The number of ether oxygens (including phenoxy) is 2. The van der Waals surface area contributed by atoms with Crippen LogP contribution in [0.5, 0.6) is 11.5 Å². The minimum Gasteiger partial charge on any atom is -0.454 e. The van der Waals surface area contributed by atoms with Crippen LogP contribution in [-0.2, 0) is 6.42 Å². The molecule has 0 aliphatic carbocycles. The number of fused-ring (bicyclic) bond motifs is 1. The number of anilines is 1. The number of hydrogen-bond donors (Lipinski definition) is 2. The van der Waals surface area contributed by atoms with Gasteiger partial charge in [-0.1, -0.05) is 18.3 Å². The van der Waals surface area contributed by atoms with Gasteiger partial charge < -0.3 is 14.5 Å². The standard InChI is InChI=1S/C18H15N3O3S2/c1-10-15(8-11-4-5-13-14(7-11)24-9-23-13)26-18(20-10)21-16(22)12-3-2-6-19-17(12)25/h2-7H,8-9H2,1H3,(H,19,25)(H,20,21,22). The summed E-state index contributed by atoms with van der Waals surface area (Å²) in [5.74, 6) is 1.26. The van der Waals surface area contributed by atoms with Crippen LogP contribution >= 0.6 is 23.6 Å². The number of thiazole rings is 1. The molecule has 8 heteroatoms. The van der Waals surface area contributed by atoms with E-state index in [0.29, 0.717) is 21.8 Å². The van der Waals surface area contributed by atoms with Crippen LogP contribution in [-0.4, -0.2) is 22.7 Å². The lowest BCUT2D eigenvalue weighted by Gasteiger charge is -2.02. The molecule has 4 rings (SSSR count). The van der Waals surface area contributed by atoms with Crippen molar-refractivity contribution in [1.29, 1.82) is 0 Å². The summed E-state index contributed by atoms with van der Waals surface area (Å²) < 4.78 is 11.2. The summed E-state index contributed by atoms with van der Waals surface area (Å²) in [5.41, 5.74) is 2.42. The van der Waals surface area contributed by atoms with E-state index in [4.69, 9.17) is 21.7 Å². The molecule has 6 nitrogen and oxygen atoms in total. The van der Waals surface area contributed by atoms with E-state index >= 15 is 0 Å². The van der Waals surface area contributed by atoms with Gasteiger partial charge in [-0.3, -0.25) is 10.1 Å². The number of amides is 1. The molecule has 0 unspecified atom stereocenters. The molecule has 3 aromatic rings. The first-order chi connectivity index (χ1) is 12.6. The Kier molecular flexibility index (Phi) is 4.44. The Labute approximate surface area is 158 Å². The number of carbonyl (C=O) groups is 1. The zero-order valence-corrected chi connectivity index (χ0v) is 15.5. The molecule has 0 atom stereocenters. The van der Waals surface area contributed by atoms with Crippen LogP contribution in [0.3, 0.4) is 0 Å². The second-order valence-electron chi connectivity index (χ2n) is 5.76.